The van der Waals surface area contributed by atoms with Gasteiger partial charge in [0.25, 0.3) is 0 Å². The number of hydrogen-bond donors (Lipinski definition) is 1. The summed E-state index contributed by atoms with van der Waals surface area (Å²) in [6, 6.07) is 16.9. The summed E-state index contributed by atoms with van der Waals surface area (Å²) in [4.78, 5) is 0. The molecule has 96 valence electrons. The zero-order valence-electron chi connectivity index (χ0n) is 10.7. The van der Waals surface area contributed by atoms with Gasteiger partial charge < -0.3 is 9.94 Å². The van der Waals surface area contributed by atoms with Crippen LogP contribution >= 0.6 is 0 Å². The van der Waals surface area contributed by atoms with Gasteiger partial charge in [0.05, 0.1) is 7.11 Å². The van der Waals surface area contributed by atoms with E-state index in [4.69, 9.17) is 4.74 Å². The minimum absolute atomic E-state index is 0.464. The molecule has 3 nitrogen and oxygen atoms in total. The summed E-state index contributed by atoms with van der Waals surface area (Å²) in [5.41, 5.74) is 2.84. The summed E-state index contributed by atoms with van der Waals surface area (Å²) in [7, 11) is 1.62. The Morgan fingerprint density at radius 1 is 1.00 bits per heavy atom. The van der Waals surface area contributed by atoms with Crippen LogP contribution in [0.4, 0.5) is 0 Å². The van der Waals surface area contributed by atoms with E-state index in [2.05, 4.69) is 11.7 Å². The molecule has 19 heavy (non-hydrogen) atoms. The Morgan fingerprint density at radius 3 is 2.16 bits per heavy atom. The second kappa shape index (κ2) is 5.87. The molecule has 0 saturated carbocycles. The number of rotatable bonds is 4. The first-order chi connectivity index (χ1) is 9.26. The fourth-order valence-corrected chi connectivity index (χ4v) is 1.82. The van der Waals surface area contributed by atoms with Crippen LogP contribution in [0.3, 0.4) is 0 Å². The van der Waals surface area contributed by atoms with Gasteiger partial charge in [-0.05, 0) is 17.7 Å². The zero-order chi connectivity index (χ0) is 13.7. The van der Waals surface area contributed by atoms with E-state index in [1.54, 1.807) is 7.11 Å². The lowest BCUT2D eigenvalue weighted by atomic mass is 9.97. The summed E-state index contributed by atoms with van der Waals surface area (Å²) in [6.45, 7) is 4.00. The topological polar surface area (TPSA) is 41.8 Å². The van der Waals surface area contributed by atoms with E-state index in [9.17, 15) is 5.21 Å². The number of methoxy groups -OCH3 is 1. The molecule has 0 aliphatic heterocycles. The summed E-state index contributed by atoms with van der Waals surface area (Å²) in [5, 5.41) is 12.6. The van der Waals surface area contributed by atoms with Crippen LogP contribution in [0.15, 0.2) is 66.3 Å². The fourth-order valence-electron chi connectivity index (χ4n) is 1.82. The van der Waals surface area contributed by atoms with E-state index in [0.717, 1.165) is 16.9 Å². The SMILES string of the molecule is C=C(C(=NO)c1ccccc1)c1ccc(OC)cc1. The zero-order valence-corrected chi connectivity index (χ0v) is 10.7. The maximum atomic E-state index is 9.21. The first kappa shape index (κ1) is 12.9. The summed E-state index contributed by atoms with van der Waals surface area (Å²) in [6.07, 6.45) is 0. The number of nitrogens with zero attached hydrogens (tertiary/aromatic N) is 1. The number of oxime groups is 1. The standard InChI is InChI=1S/C16H15NO2/c1-12(13-8-10-15(19-2)11-9-13)16(17-18)14-6-4-3-5-7-14/h3-11,18H,1H2,2H3. The highest BCUT2D eigenvalue weighted by Gasteiger charge is 2.10. The van der Waals surface area contributed by atoms with Gasteiger partial charge in [-0.15, -0.1) is 0 Å². The predicted molar refractivity (Wildman–Crippen MR) is 76.8 cm³/mol. The van der Waals surface area contributed by atoms with E-state index < -0.39 is 0 Å². The maximum Gasteiger partial charge on any atom is 0.118 e. The van der Waals surface area contributed by atoms with Gasteiger partial charge in [0.15, 0.2) is 0 Å². The number of allylic oxidation sites excluding steroid dienone is 1. The van der Waals surface area contributed by atoms with Crippen molar-refractivity contribution in [2.75, 3.05) is 7.11 Å². The van der Waals surface area contributed by atoms with Gasteiger partial charge in [-0.2, -0.15) is 0 Å². The normalized spacial score (nSPS) is 11.1. The van der Waals surface area contributed by atoms with Gasteiger partial charge in [0, 0.05) is 11.1 Å². The van der Waals surface area contributed by atoms with Crippen LogP contribution in [0.2, 0.25) is 0 Å². The van der Waals surface area contributed by atoms with Crippen LogP contribution in [-0.2, 0) is 0 Å². The molecule has 2 aromatic carbocycles. The quantitative estimate of drug-likeness (QED) is 0.514. The minimum Gasteiger partial charge on any atom is -0.497 e. The molecule has 0 unspecified atom stereocenters. The van der Waals surface area contributed by atoms with Gasteiger partial charge in [-0.1, -0.05) is 54.2 Å². The first-order valence-electron chi connectivity index (χ1n) is 5.87. The van der Waals surface area contributed by atoms with Crippen LogP contribution < -0.4 is 4.74 Å². The van der Waals surface area contributed by atoms with E-state index in [-0.39, 0.29) is 0 Å². The summed E-state index contributed by atoms with van der Waals surface area (Å²) < 4.78 is 5.11. The van der Waals surface area contributed by atoms with Crippen molar-refractivity contribution in [3.05, 3.63) is 72.3 Å². The smallest absolute Gasteiger partial charge is 0.118 e. The molecule has 2 aromatic rings. The Balaban J connectivity index is 2.31. The Hall–Kier alpha value is -2.55. The highest BCUT2D eigenvalue weighted by Crippen LogP contribution is 2.21. The summed E-state index contributed by atoms with van der Waals surface area (Å²) >= 11 is 0. The molecule has 3 heteroatoms. The molecular formula is C16H15NO2. The maximum absolute atomic E-state index is 9.21. The molecule has 0 atom stereocenters. The van der Waals surface area contributed by atoms with Crippen molar-refractivity contribution < 1.29 is 9.94 Å². The highest BCUT2D eigenvalue weighted by atomic mass is 16.5. The van der Waals surface area contributed by atoms with Crippen LogP contribution in [0.5, 0.6) is 5.75 Å². The number of benzene rings is 2. The van der Waals surface area contributed by atoms with E-state index in [1.165, 1.54) is 0 Å². The molecule has 0 fully saturated rings. The Bertz CT molecular complexity index is 586. The number of ether oxygens (including phenoxy) is 1. The molecule has 0 aliphatic rings. The molecule has 0 aromatic heterocycles. The average Bonchev–Trinajstić information content (AvgIpc) is 2.49. The molecule has 0 bridgehead atoms. The van der Waals surface area contributed by atoms with Crippen molar-refractivity contribution in [2.45, 2.75) is 0 Å². The minimum atomic E-state index is 0.464. The molecular weight excluding hydrogens is 238 g/mol. The van der Waals surface area contributed by atoms with Crippen molar-refractivity contribution in [3.63, 3.8) is 0 Å². The van der Waals surface area contributed by atoms with Crippen molar-refractivity contribution >= 4 is 11.3 Å². The fraction of sp³-hybridized carbons (Fsp3) is 0.0625. The molecule has 0 radical (unpaired) electrons. The molecule has 1 N–H and O–H groups in total. The first-order valence-corrected chi connectivity index (χ1v) is 5.87. The van der Waals surface area contributed by atoms with Gasteiger partial charge in [-0.3, -0.25) is 0 Å². The lowest BCUT2D eigenvalue weighted by Crippen LogP contribution is -2.03. The Labute approximate surface area is 112 Å². The molecule has 0 aliphatic carbocycles. The molecule has 0 saturated heterocycles. The average molecular weight is 253 g/mol. The third kappa shape index (κ3) is 2.83. The van der Waals surface area contributed by atoms with Crippen LogP contribution in [0, 0.1) is 0 Å². The van der Waals surface area contributed by atoms with Crippen molar-refractivity contribution in [1.82, 2.24) is 0 Å². The monoisotopic (exact) mass is 253 g/mol. The summed E-state index contributed by atoms with van der Waals surface area (Å²) in [5.74, 6) is 0.777. The second-order valence-electron chi connectivity index (χ2n) is 4.02. The molecule has 0 spiro atoms. The van der Waals surface area contributed by atoms with Crippen LogP contribution in [-0.4, -0.2) is 18.0 Å². The van der Waals surface area contributed by atoms with E-state index in [0.29, 0.717) is 11.3 Å². The molecule has 2 rings (SSSR count). The third-order valence-electron chi connectivity index (χ3n) is 2.87. The molecule has 0 amide bonds. The number of hydrogen-bond acceptors (Lipinski definition) is 3. The largest absolute Gasteiger partial charge is 0.497 e. The van der Waals surface area contributed by atoms with Gasteiger partial charge in [0.2, 0.25) is 0 Å². The van der Waals surface area contributed by atoms with Crippen molar-refractivity contribution in [2.24, 2.45) is 5.16 Å². The Morgan fingerprint density at radius 2 is 1.63 bits per heavy atom. The van der Waals surface area contributed by atoms with E-state index in [1.807, 2.05) is 54.6 Å². The van der Waals surface area contributed by atoms with Crippen molar-refractivity contribution in [1.29, 1.82) is 0 Å². The predicted octanol–water partition coefficient (Wildman–Crippen LogP) is 3.59. The van der Waals surface area contributed by atoms with Gasteiger partial charge in [0.1, 0.15) is 11.5 Å². The van der Waals surface area contributed by atoms with Crippen molar-refractivity contribution in [3.8, 4) is 5.75 Å². The molecule has 0 heterocycles. The van der Waals surface area contributed by atoms with Gasteiger partial charge in [-0.25, -0.2) is 0 Å². The lowest BCUT2D eigenvalue weighted by Gasteiger charge is -2.09. The highest BCUT2D eigenvalue weighted by molar-refractivity contribution is 6.31. The second-order valence-corrected chi connectivity index (χ2v) is 4.02. The van der Waals surface area contributed by atoms with E-state index >= 15 is 0 Å². The van der Waals surface area contributed by atoms with Gasteiger partial charge >= 0.3 is 0 Å². The third-order valence-corrected chi connectivity index (χ3v) is 2.87. The van der Waals surface area contributed by atoms with Crippen LogP contribution in [0.25, 0.3) is 5.57 Å². The van der Waals surface area contributed by atoms with Crippen LogP contribution in [0.1, 0.15) is 11.1 Å². The lowest BCUT2D eigenvalue weighted by molar-refractivity contribution is 0.320. The Kier molecular flexibility index (Phi) is 3.98.